The molecular formula is C12H24N2O5. The quantitative estimate of drug-likeness (QED) is 0.271. The summed E-state index contributed by atoms with van der Waals surface area (Å²) in [6, 6.07) is -0.789. The lowest BCUT2D eigenvalue weighted by Crippen LogP contribution is -2.29. The maximum Gasteiger partial charge on any atom is 0.338 e. The summed E-state index contributed by atoms with van der Waals surface area (Å²) in [6.07, 6.45) is 8.43. The summed E-state index contributed by atoms with van der Waals surface area (Å²) < 4.78 is 0. The molecule has 0 aromatic heterocycles. The molecule has 0 saturated carbocycles. The monoisotopic (exact) mass is 276 g/mol. The van der Waals surface area contributed by atoms with Gasteiger partial charge in [-0.1, -0.05) is 38.5 Å². The van der Waals surface area contributed by atoms with Gasteiger partial charge in [-0.2, -0.15) is 5.48 Å². The molecule has 19 heavy (non-hydrogen) atoms. The summed E-state index contributed by atoms with van der Waals surface area (Å²) in [7, 11) is 0. The Morgan fingerprint density at radius 3 is 2.00 bits per heavy atom. The van der Waals surface area contributed by atoms with E-state index in [1.165, 1.54) is 0 Å². The van der Waals surface area contributed by atoms with Crippen LogP contribution in [0.5, 0.6) is 0 Å². The third kappa shape index (κ3) is 16.7. The lowest BCUT2D eigenvalue weighted by atomic mass is 10.1. The number of primary amides is 1. The van der Waals surface area contributed by atoms with Crippen LogP contribution in [0, 0.1) is 0 Å². The van der Waals surface area contributed by atoms with Crippen LogP contribution in [0.15, 0.2) is 0 Å². The minimum atomic E-state index is -0.789. The Morgan fingerprint density at radius 2 is 1.47 bits per heavy atom. The minimum Gasteiger partial charge on any atom is -0.481 e. The van der Waals surface area contributed by atoms with Crippen molar-refractivity contribution in [3.05, 3.63) is 0 Å². The average molecular weight is 276 g/mol. The third-order valence-corrected chi connectivity index (χ3v) is 2.57. The number of rotatable bonds is 13. The Balaban J connectivity index is 2.99. The molecule has 0 rings (SSSR count). The van der Waals surface area contributed by atoms with Crippen molar-refractivity contribution in [1.29, 1.82) is 0 Å². The van der Waals surface area contributed by atoms with Crippen molar-refractivity contribution in [3.8, 4) is 0 Å². The molecule has 0 atom stereocenters. The molecule has 4 N–H and O–H groups in total. The van der Waals surface area contributed by atoms with Crippen molar-refractivity contribution in [2.75, 3.05) is 6.61 Å². The number of hydrogen-bond acceptors (Lipinski definition) is 4. The number of carboxylic acids is 1. The number of unbranched alkanes of at least 4 members (excludes halogenated alkanes) is 7. The number of nitrogens with two attached hydrogens (primary N) is 1. The van der Waals surface area contributed by atoms with E-state index in [1.807, 2.05) is 5.48 Å². The second-order valence-electron chi connectivity index (χ2n) is 4.34. The van der Waals surface area contributed by atoms with Gasteiger partial charge in [0, 0.05) is 6.42 Å². The van der Waals surface area contributed by atoms with Crippen molar-refractivity contribution in [2.45, 2.75) is 57.8 Å². The Bertz CT molecular complexity index is 224. The molecule has 7 nitrogen and oxygen atoms in total. The molecule has 0 heterocycles. The first-order valence-corrected chi connectivity index (χ1v) is 6.68. The highest BCUT2D eigenvalue weighted by atomic mass is 17.3. The molecule has 0 bridgehead atoms. The van der Waals surface area contributed by atoms with E-state index >= 15 is 0 Å². The van der Waals surface area contributed by atoms with Gasteiger partial charge < -0.3 is 10.8 Å². The van der Waals surface area contributed by atoms with Crippen molar-refractivity contribution in [1.82, 2.24) is 5.48 Å². The highest BCUT2D eigenvalue weighted by Gasteiger charge is 1.97. The average Bonchev–Trinajstić information content (AvgIpc) is 2.34. The number of urea groups is 1. The molecule has 0 radical (unpaired) electrons. The predicted octanol–water partition coefficient (Wildman–Crippen LogP) is 2.11. The van der Waals surface area contributed by atoms with Gasteiger partial charge in [-0.15, -0.1) is 4.99 Å². The van der Waals surface area contributed by atoms with E-state index in [2.05, 4.69) is 9.88 Å². The van der Waals surface area contributed by atoms with E-state index in [0.29, 0.717) is 6.61 Å². The molecular weight excluding hydrogens is 252 g/mol. The number of carbonyl (C=O) groups is 2. The van der Waals surface area contributed by atoms with E-state index in [1.54, 1.807) is 0 Å². The van der Waals surface area contributed by atoms with Gasteiger partial charge in [0.2, 0.25) is 0 Å². The molecule has 0 unspecified atom stereocenters. The molecule has 0 aliphatic rings. The molecule has 0 saturated heterocycles. The van der Waals surface area contributed by atoms with Crippen LogP contribution in [0.1, 0.15) is 57.8 Å². The molecule has 112 valence electrons. The van der Waals surface area contributed by atoms with Crippen LogP contribution in [0.2, 0.25) is 0 Å². The molecule has 2 amide bonds. The van der Waals surface area contributed by atoms with Gasteiger partial charge in [0.25, 0.3) is 0 Å². The maximum absolute atomic E-state index is 10.3. The van der Waals surface area contributed by atoms with Crippen molar-refractivity contribution in [2.24, 2.45) is 5.73 Å². The number of hydrogen-bond donors (Lipinski definition) is 3. The zero-order chi connectivity index (χ0) is 14.3. The van der Waals surface area contributed by atoms with E-state index in [4.69, 9.17) is 10.8 Å². The Hall–Kier alpha value is -1.34. The van der Waals surface area contributed by atoms with Crippen LogP contribution in [0.3, 0.4) is 0 Å². The molecule has 0 aliphatic heterocycles. The number of amides is 2. The van der Waals surface area contributed by atoms with Crippen LogP contribution in [0.25, 0.3) is 0 Å². The first kappa shape index (κ1) is 17.7. The molecule has 0 aliphatic carbocycles. The topological polar surface area (TPSA) is 111 Å². The molecule has 0 spiro atoms. The van der Waals surface area contributed by atoms with Crippen LogP contribution in [0.4, 0.5) is 4.79 Å². The fraction of sp³-hybridized carbons (Fsp3) is 0.833. The van der Waals surface area contributed by atoms with E-state index in [-0.39, 0.29) is 6.42 Å². The highest BCUT2D eigenvalue weighted by Crippen LogP contribution is 2.09. The molecule has 0 fully saturated rings. The number of hydroxylamine groups is 1. The largest absolute Gasteiger partial charge is 0.481 e. The lowest BCUT2D eigenvalue weighted by Gasteiger charge is -2.03. The van der Waals surface area contributed by atoms with E-state index in [0.717, 1.165) is 51.4 Å². The summed E-state index contributed by atoms with van der Waals surface area (Å²) in [6.45, 7) is 0.416. The summed E-state index contributed by atoms with van der Waals surface area (Å²) in [5.74, 6) is -0.715. The summed E-state index contributed by atoms with van der Waals surface area (Å²) in [4.78, 5) is 29.4. The van der Waals surface area contributed by atoms with Gasteiger partial charge in [-0.05, 0) is 12.8 Å². The number of nitrogens with one attached hydrogen (secondary N) is 1. The van der Waals surface area contributed by atoms with Crippen LogP contribution in [-0.2, 0) is 14.7 Å². The fourth-order valence-corrected chi connectivity index (χ4v) is 1.61. The van der Waals surface area contributed by atoms with Crippen LogP contribution in [-0.4, -0.2) is 23.7 Å². The Labute approximate surface area is 113 Å². The van der Waals surface area contributed by atoms with Crippen molar-refractivity contribution >= 4 is 12.0 Å². The number of aliphatic carboxylic acids is 1. The third-order valence-electron chi connectivity index (χ3n) is 2.57. The molecule has 7 heteroatoms. The highest BCUT2D eigenvalue weighted by molar-refractivity contribution is 5.70. The zero-order valence-electron chi connectivity index (χ0n) is 11.2. The summed E-state index contributed by atoms with van der Waals surface area (Å²) >= 11 is 0. The predicted molar refractivity (Wildman–Crippen MR) is 68.9 cm³/mol. The van der Waals surface area contributed by atoms with Gasteiger partial charge >= 0.3 is 12.0 Å². The normalized spacial score (nSPS) is 10.3. The smallest absolute Gasteiger partial charge is 0.338 e. The van der Waals surface area contributed by atoms with Crippen LogP contribution < -0.4 is 11.2 Å². The zero-order valence-corrected chi connectivity index (χ0v) is 11.2. The van der Waals surface area contributed by atoms with Gasteiger partial charge in [0.1, 0.15) is 0 Å². The SMILES string of the molecule is NC(=O)NOOCCCCCCCCCCC(=O)O. The van der Waals surface area contributed by atoms with Gasteiger partial charge in [-0.3, -0.25) is 4.79 Å². The Kier molecular flexibility index (Phi) is 12.2. The summed E-state index contributed by atoms with van der Waals surface area (Å²) in [5.41, 5.74) is 6.61. The van der Waals surface area contributed by atoms with E-state index < -0.39 is 12.0 Å². The number of carbonyl (C=O) groups excluding carboxylic acids is 1. The maximum atomic E-state index is 10.3. The van der Waals surface area contributed by atoms with Crippen molar-refractivity contribution in [3.63, 3.8) is 0 Å². The van der Waals surface area contributed by atoms with Gasteiger partial charge in [0.05, 0.1) is 6.61 Å². The Morgan fingerprint density at radius 1 is 0.947 bits per heavy atom. The number of carboxylic acid groups (broad SMARTS) is 1. The van der Waals surface area contributed by atoms with Gasteiger partial charge in [0.15, 0.2) is 0 Å². The van der Waals surface area contributed by atoms with Crippen molar-refractivity contribution < 1.29 is 24.6 Å². The first-order valence-electron chi connectivity index (χ1n) is 6.68. The minimum absolute atomic E-state index is 0.274. The first-order chi connectivity index (χ1) is 9.13. The summed E-state index contributed by atoms with van der Waals surface area (Å²) in [5, 5.41) is 8.45. The second kappa shape index (κ2) is 13.1. The lowest BCUT2D eigenvalue weighted by molar-refractivity contribution is -0.324. The van der Waals surface area contributed by atoms with Crippen LogP contribution >= 0.6 is 0 Å². The van der Waals surface area contributed by atoms with Gasteiger partial charge in [-0.25, -0.2) is 9.68 Å². The standard InChI is InChI=1S/C12H24N2O5/c13-12(17)14-19-18-10-8-6-4-2-1-3-5-7-9-11(15)16/h1-10H2,(H,15,16)(H3,13,14,17). The second-order valence-corrected chi connectivity index (χ2v) is 4.34. The molecule has 0 aromatic rings. The fourth-order valence-electron chi connectivity index (χ4n) is 1.61. The van der Waals surface area contributed by atoms with E-state index in [9.17, 15) is 9.59 Å². The molecule has 0 aromatic carbocycles.